The Morgan fingerprint density at radius 2 is 1.54 bits per heavy atom. The first kappa shape index (κ1) is 67.5. The number of Topliss-reactive ketones (excluding diaryl/α,β-unsaturated/α-hetero) is 1. The first-order chi connectivity index (χ1) is 42.3. The fraction of sp³-hybridized carbons (Fsp3) is 0.707. The summed E-state index contributed by atoms with van der Waals surface area (Å²) in [7, 11) is 0. The lowest BCUT2D eigenvalue weighted by Crippen LogP contribution is -2.80. The van der Waals surface area contributed by atoms with E-state index >= 15 is 9.59 Å². The average Bonchev–Trinajstić information content (AvgIpc) is 0.746. The summed E-state index contributed by atoms with van der Waals surface area (Å²) in [5.41, 5.74) is -3.83. The molecule has 90 heavy (non-hydrogen) atoms. The molecule has 4 unspecified atom stereocenters. The van der Waals surface area contributed by atoms with Crippen molar-refractivity contribution in [3.8, 4) is 0 Å². The third-order valence-electron chi connectivity index (χ3n) is 24.5. The number of benzene rings is 2. The molecule has 1 heterocycles. The fourth-order valence-corrected chi connectivity index (χ4v) is 19.8. The molecule has 2 N–H and O–H groups in total. The molecule has 8 aliphatic rings. The number of ether oxygens (including phenoxy) is 7. The van der Waals surface area contributed by atoms with E-state index in [0.29, 0.717) is 40.4 Å². The van der Waals surface area contributed by atoms with Crippen LogP contribution in [-0.2, 0) is 52.3 Å². The molecule has 1 aliphatic heterocycles. The van der Waals surface area contributed by atoms with Gasteiger partial charge in [0.15, 0.2) is 5.60 Å². The van der Waals surface area contributed by atoms with Crippen LogP contribution in [0.2, 0.25) is 0 Å². The third-order valence-corrected chi connectivity index (χ3v) is 24.5. The second-order valence-electron chi connectivity index (χ2n) is 31.5. The molecule has 7 aliphatic carbocycles. The Balaban J connectivity index is 0.920. The van der Waals surface area contributed by atoms with E-state index in [1.807, 2.05) is 13.8 Å². The van der Waals surface area contributed by atoms with Crippen molar-refractivity contribution >= 4 is 35.8 Å². The molecule has 6 fully saturated rings. The second kappa shape index (κ2) is 25.5. The number of carbonyl (C=O) groups excluding carboxylic acids is 6. The summed E-state index contributed by atoms with van der Waals surface area (Å²) in [6.07, 6.45) is 8.91. The predicted octanol–water partition coefficient (Wildman–Crippen LogP) is 14.2. The van der Waals surface area contributed by atoms with E-state index in [1.165, 1.54) is 57.4 Å². The van der Waals surface area contributed by atoms with Gasteiger partial charge in [0.25, 0.3) is 0 Å². The minimum absolute atomic E-state index is 0.0262. The van der Waals surface area contributed by atoms with Gasteiger partial charge in [0.2, 0.25) is 6.10 Å². The quantitative estimate of drug-likeness (QED) is 0.0811. The van der Waals surface area contributed by atoms with Crippen LogP contribution in [0.5, 0.6) is 0 Å². The predicted molar refractivity (Wildman–Crippen MR) is 341 cm³/mol. The zero-order valence-corrected chi connectivity index (χ0v) is 56.6. The van der Waals surface area contributed by atoms with Gasteiger partial charge < -0.3 is 43.6 Å². The molecule has 494 valence electrons. The summed E-state index contributed by atoms with van der Waals surface area (Å²) in [5.74, 6) is -1.56. The van der Waals surface area contributed by atoms with Gasteiger partial charge in [0.05, 0.1) is 37.2 Å². The van der Waals surface area contributed by atoms with Gasteiger partial charge in [-0.05, 0) is 167 Å². The number of nitrogens with one attached hydrogen (secondary N) is 1. The minimum atomic E-state index is -2.16. The molecule has 2 aromatic rings. The number of allylic oxidation sites excluding steroid dienone is 1. The zero-order chi connectivity index (χ0) is 65.3. The Kier molecular flexibility index (Phi) is 19.1. The van der Waals surface area contributed by atoms with E-state index < -0.39 is 106 Å². The Morgan fingerprint density at radius 3 is 2.19 bits per heavy atom. The highest BCUT2D eigenvalue weighted by atomic mass is 16.6. The number of amides is 1. The summed E-state index contributed by atoms with van der Waals surface area (Å²) in [4.78, 5) is 87.9. The van der Waals surface area contributed by atoms with E-state index in [0.717, 1.165) is 49.4 Å². The number of rotatable bonds is 18. The highest BCUT2D eigenvalue weighted by Gasteiger charge is 2.77. The number of ketones is 1. The maximum atomic E-state index is 15.9. The minimum Gasteiger partial charge on any atom is -0.455 e. The van der Waals surface area contributed by atoms with Gasteiger partial charge in [-0.3, -0.25) is 14.4 Å². The van der Waals surface area contributed by atoms with E-state index in [-0.39, 0.29) is 48.9 Å². The van der Waals surface area contributed by atoms with Crippen LogP contribution in [0, 0.1) is 74.9 Å². The summed E-state index contributed by atoms with van der Waals surface area (Å²) in [5, 5.41) is 17.0. The van der Waals surface area contributed by atoms with Gasteiger partial charge in [-0.2, -0.15) is 0 Å². The summed E-state index contributed by atoms with van der Waals surface area (Å²) < 4.78 is 44.5. The number of fused-ring (bicyclic) bond motifs is 10. The van der Waals surface area contributed by atoms with E-state index in [1.54, 1.807) is 109 Å². The van der Waals surface area contributed by atoms with Crippen LogP contribution in [0.3, 0.4) is 0 Å². The monoisotopic (exact) mass is 1240 g/mol. The van der Waals surface area contributed by atoms with Gasteiger partial charge >= 0.3 is 30.0 Å². The number of alkyl carbamates (subject to hydrolysis) is 1. The smallest absolute Gasteiger partial charge is 0.408 e. The van der Waals surface area contributed by atoms with Gasteiger partial charge in [0.1, 0.15) is 41.3 Å². The Morgan fingerprint density at radius 1 is 0.856 bits per heavy atom. The molecule has 0 aromatic heterocycles. The number of aliphatic hydroxyl groups is 1. The topological polar surface area (TPSA) is 199 Å². The van der Waals surface area contributed by atoms with Crippen LogP contribution in [0.25, 0.3) is 0 Å². The van der Waals surface area contributed by atoms with Gasteiger partial charge in [-0.15, -0.1) is 0 Å². The van der Waals surface area contributed by atoms with Gasteiger partial charge in [-0.25, -0.2) is 14.4 Å². The Labute approximate surface area is 535 Å². The van der Waals surface area contributed by atoms with Crippen molar-refractivity contribution in [2.45, 2.75) is 247 Å². The maximum Gasteiger partial charge on any atom is 0.408 e. The summed E-state index contributed by atoms with van der Waals surface area (Å²) in [6, 6.07) is 15.6. The van der Waals surface area contributed by atoms with Crippen LogP contribution in [0.4, 0.5) is 4.79 Å². The highest BCUT2D eigenvalue weighted by Crippen LogP contribution is 2.69. The molecule has 1 amide bonds. The molecule has 2 aromatic carbocycles. The van der Waals surface area contributed by atoms with Crippen LogP contribution in [0.15, 0.2) is 83.5 Å². The lowest BCUT2D eigenvalue weighted by molar-refractivity contribution is -0.339. The van der Waals surface area contributed by atoms with Crippen molar-refractivity contribution in [3.05, 3.63) is 94.6 Å². The molecule has 19 atom stereocenters. The van der Waals surface area contributed by atoms with Gasteiger partial charge in [0, 0.05) is 30.1 Å². The zero-order valence-electron chi connectivity index (χ0n) is 56.6. The first-order valence-corrected chi connectivity index (χ1v) is 34.1. The van der Waals surface area contributed by atoms with Crippen molar-refractivity contribution in [1.82, 2.24) is 5.32 Å². The maximum absolute atomic E-state index is 15.9. The molecule has 0 radical (unpaired) electrons. The van der Waals surface area contributed by atoms with Crippen molar-refractivity contribution in [1.29, 1.82) is 0 Å². The summed E-state index contributed by atoms with van der Waals surface area (Å²) in [6.45, 7) is 29.6. The molecule has 2 bridgehead atoms. The van der Waals surface area contributed by atoms with E-state index in [2.05, 4.69) is 46.0 Å². The molecular weight excluding hydrogens is 1140 g/mol. The first-order valence-electron chi connectivity index (χ1n) is 34.1. The van der Waals surface area contributed by atoms with Crippen LogP contribution >= 0.6 is 0 Å². The Hall–Kier alpha value is -5.38. The molecule has 15 heteroatoms. The molecule has 1 saturated heterocycles. The van der Waals surface area contributed by atoms with Crippen molar-refractivity contribution in [2.24, 2.45) is 74.9 Å². The van der Waals surface area contributed by atoms with E-state index in [4.69, 9.17) is 33.2 Å². The average molecular weight is 1240 g/mol. The molecule has 10 rings (SSSR count). The second-order valence-corrected chi connectivity index (χ2v) is 31.5. The van der Waals surface area contributed by atoms with Gasteiger partial charge in [-0.1, -0.05) is 149 Å². The number of carbonyl (C=O) groups is 6. The third kappa shape index (κ3) is 12.2. The fourth-order valence-electron chi connectivity index (χ4n) is 19.8. The summed E-state index contributed by atoms with van der Waals surface area (Å²) >= 11 is 0. The van der Waals surface area contributed by atoms with Crippen molar-refractivity contribution in [2.75, 3.05) is 13.2 Å². The van der Waals surface area contributed by atoms with E-state index in [9.17, 15) is 24.3 Å². The number of hydrogen-bond acceptors (Lipinski definition) is 14. The molecular formula is C75H105NO14. The number of hydrogen-bond donors (Lipinski definition) is 2. The normalized spacial score (nSPS) is 36.8. The van der Waals surface area contributed by atoms with Crippen LogP contribution < -0.4 is 5.32 Å². The van der Waals surface area contributed by atoms with Crippen molar-refractivity contribution in [3.63, 3.8) is 0 Å². The highest BCUT2D eigenvalue weighted by molar-refractivity contribution is 5.92. The molecule has 15 nitrogen and oxygen atoms in total. The standard InChI is InChI=1S/C75H105NO14/c1-43(2)23-22-24-44(3)54-31-32-55-53-30-29-51-40-52(33-36-71(51,13)56(53)34-37-72(54,55)14)84-38-35-59(78)87-62(61(49-25-18-16-19-26-49)76-68(82)90-69(8,9)10)67(81)86-57-41-75(83)65(88-66(80)50-27-20-17-21-28-50)63-73(15,64(79)47(6)60(46(57)5)70(75,11)12)45(4)39-58-74(63,42-85-58)89-48(7)77/h16-21,25-29,43-45,47,52-58,61-63,65,83H,22-24,30-42H2,1-15H3,(H,76,82)/t44-,45+,47-,52+,53?,54-,55?,56?,57+,58-,61+,62?,63+,65+,71+,72-,73-,74+,75-/m1/s1. The lowest BCUT2D eigenvalue weighted by atomic mass is 9.42. The van der Waals surface area contributed by atoms with Crippen molar-refractivity contribution < 1.29 is 67.0 Å². The Bertz CT molecular complexity index is 3070. The SMILES string of the molecule is CC(=O)O[C@@]12CO[C@@H]1C[C@H](C)[C@@]1(C)C(=O)[C@H](C)C3=C(C)[C@@H](OC(=O)C(OC(=O)CCO[C@H]4CC[C@@]5(C)C(=CCC6C5CC[C@@]5(C)C6CC[C@@H]5[C@H](C)CCCC(C)C)C4)[C@@H](NC(=O)OC(C)(C)C)c4ccccc4)C[C@@](O)([C@@H](OC(=O)c4ccccc4)[C@H]21)C3(C)C. The lowest BCUT2D eigenvalue weighted by Gasteiger charge is -2.68. The van der Waals surface area contributed by atoms with Crippen LogP contribution in [0.1, 0.15) is 216 Å². The molecule has 0 spiro atoms. The number of esters is 4. The molecule has 5 saturated carbocycles. The largest absolute Gasteiger partial charge is 0.455 e. The van der Waals surface area contributed by atoms with Crippen LogP contribution in [-0.4, -0.2) is 101 Å².